The van der Waals surface area contributed by atoms with Gasteiger partial charge in [0, 0.05) is 18.8 Å². The van der Waals surface area contributed by atoms with Gasteiger partial charge in [-0.15, -0.1) is 0 Å². The molecule has 1 unspecified atom stereocenters. The molecule has 0 saturated carbocycles. The number of rotatable bonds is 3. The highest BCUT2D eigenvalue weighted by Crippen LogP contribution is 2.27. The molecule has 19 heavy (non-hydrogen) atoms. The molecule has 1 fully saturated rings. The standard InChI is InChI=1S/C15H23FN2O/c1-11-9-18(10-15(2,3)19-11)14-7-12(4-5-17)6-13(16)8-14/h6-8,11H,4-5,9-10,17H2,1-3H3. The molecule has 1 aromatic rings. The predicted molar refractivity (Wildman–Crippen MR) is 76.0 cm³/mol. The number of halogens is 1. The molecule has 0 spiro atoms. The summed E-state index contributed by atoms with van der Waals surface area (Å²) in [6.45, 7) is 8.27. The predicted octanol–water partition coefficient (Wildman–Crippen LogP) is 2.33. The molecule has 106 valence electrons. The van der Waals surface area contributed by atoms with Crippen molar-refractivity contribution in [1.29, 1.82) is 0 Å². The molecule has 1 aromatic carbocycles. The highest BCUT2D eigenvalue weighted by Gasteiger charge is 2.31. The zero-order valence-corrected chi connectivity index (χ0v) is 11.9. The number of hydrogen-bond acceptors (Lipinski definition) is 3. The highest BCUT2D eigenvalue weighted by molar-refractivity contribution is 5.50. The lowest BCUT2D eigenvalue weighted by Gasteiger charge is -2.43. The molecule has 1 saturated heterocycles. The second-order valence-corrected chi connectivity index (χ2v) is 5.93. The van der Waals surface area contributed by atoms with Crippen molar-refractivity contribution >= 4 is 5.69 Å². The van der Waals surface area contributed by atoms with E-state index in [9.17, 15) is 4.39 Å². The Morgan fingerprint density at radius 3 is 2.79 bits per heavy atom. The molecule has 2 N–H and O–H groups in total. The van der Waals surface area contributed by atoms with E-state index >= 15 is 0 Å². The maximum absolute atomic E-state index is 13.7. The summed E-state index contributed by atoms with van der Waals surface area (Å²) in [6.07, 6.45) is 0.846. The van der Waals surface area contributed by atoms with Gasteiger partial charge in [0.2, 0.25) is 0 Å². The first-order valence-electron chi connectivity index (χ1n) is 6.82. The second-order valence-electron chi connectivity index (χ2n) is 5.93. The van der Waals surface area contributed by atoms with Crippen LogP contribution in [0.5, 0.6) is 0 Å². The van der Waals surface area contributed by atoms with Crippen molar-refractivity contribution in [1.82, 2.24) is 0 Å². The van der Waals surface area contributed by atoms with Crippen LogP contribution in [0.4, 0.5) is 10.1 Å². The molecular formula is C15H23FN2O. The third-order valence-electron chi connectivity index (χ3n) is 3.31. The van der Waals surface area contributed by atoms with Crippen molar-refractivity contribution in [3.8, 4) is 0 Å². The Bertz CT molecular complexity index is 448. The Balaban J connectivity index is 2.25. The topological polar surface area (TPSA) is 38.5 Å². The van der Waals surface area contributed by atoms with Crippen LogP contribution in [0, 0.1) is 5.82 Å². The van der Waals surface area contributed by atoms with E-state index in [-0.39, 0.29) is 17.5 Å². The number of nitrogens with zero attached hydrogens (tertiary/aromatic N) is 1. The van der Waals surface area contributed by atoms with Gasteiger partial charge in [-0.2, -0.15) is 0 Å². The van der Waals surface area contributed by atoms with E-state index in [2.05, 4.69) is 18.7 Å². The molecule has 0 radical (unpaired) electrons. The lowest BCUT2D eigenvalue weighted by atomic mass is 10.0. The Kier molecular flexibility index (Phi) is 4.11. The minimum absolute atomic E-state index is 0.143. The third-order valence-corrected chi connectivity index (χ3v) is 3.31. The van der Waals surface area contributed by atoms with E-state index < -0.39 is 0 Å². The summed E-state index contributed by atoms with van der Waals surface area (Å²) >= 11 is 0. The number of benzene rings is 1. The van der Waals surface area contributed by atoms with Crippen LogP contribution in [0.15, 0.2) is 18.2 Å². The van der Waals surface area contributed by atoms with Gasteiger partial charge in [-0.25, -0.2) is 4.39 Å². The Labute approximate surface area is 114 Å². The monoisotopic (exact) mass is 266 g/mol. The number of hydrogen-bond donors (Lipinski definition) is 1. The largest absolute Gasteiger partial charge is 0.369 e. The van der Waals surface area contributed by atoms with Crippen LogP contribution in [0.25, 0.3) is 0 Å². The summed E-state index contributed by atoms with van der Waals surface area (Å²) in [5.41, 5.74) is 7.21. The average Bonchev–Trinajstić information content (AvgIpc) is 2.25. The van der Waals surface area contributed by atoms with Crippen LogP contribution in [-0.2, 0) is 11.2 Å². The van der Waals surface area contributed by atoms with Crippen molar-refractivity contribution in [2.24, 2.45) is 5.73 Å². The van der Waals surface area contributed by atoms with Gasteiger partial charge in [-0.1, -0.05) is 0 Å². The first kappa shape index (κ1) is 14.3. The third kappa shape index (κ3) is 3.67. The molecular weight excluding hydrogens is 243 g/mol. The summed E-state index contributed by atoms with van der Waals surface area (Å²) < 4.78 is 19.6. The van der Waals surface area contributed by atoms with E-state index in [1.165, 1.54) is 0 Å². The van der Waals surface area contributed by atoms with Gasteiger partial charge in [-0.3, -0.25) is 0 Å². The number of nitrogens with two attached hydrogens (primary N) is 1. The van der Waals surface area contributed by atoms with Gasteiger partial charge in [0.25, 0.3) is 0 Å². The molecule has 1 aliphatic heterocycles. The summed E-state index contributed by atoms with van der Waals surface area (Å²) in [4.78, 5) is 2.19. The molecule has 0 bridgehead atoms. The lowest BCUT2D eigenvalue weighted by molar-refractivity contribution is -0.0749. The van der Waals surface area contributed by atoms with Gasteiger partial charge in [0.15, 0.2) is 0 Å². The fourth-order valence-electron chi connectivity index (χ4n) is 2.78. The smallest absolute Gasteiger partial charge is 0.125 e. The van der Waals surface area contributed by atoms with E-state index in [0.29, 0.717) is 13.0 Å². The van der Waals surface area contributed by atoms with Crippen LogP contribution >= 0.6 is 0 Å². The molecule has 2 rings (SSSR count). The van der Waals surface area contributed by atoms with E-state index in [1.54, 1.807) is 12.1 Å². The SMILES string of the molecule is CC1CN(c2cc(F)cc(CCN)c2)CC(C)(C)O1. The van der Waals surface area contributed by atoms with E-state index in [4.69, 9.17) is 10.5 Å². The summed E-state index contributed by atoms with van der Waals surface area (Å²) in [7, 11) is 0. The molecule has 0 aromatic heterocycles. The molecule has 4 heteroatoms. The first-order valence-corrected chi connectivity index (χ1v) is 6.82. The number of anilines is 1. The van der Waals surface area contributed by atoms with Crippen molar-refractivity contribution in [3.05, 3.63) is 29.6 Å². The van der Waals surface area contributed by atoms with E-state index in [1.807, 2.05) is 13.0 Å². The number of morpholine rings is 1. The summed E-state index contributed by atoms with van der Waals surface area (Å²) in [5, 5.41) is 0. The van der Waals surface area contributed by atoms with Gasteiger partial charge in [-0.05, 0) is 57.5 Å². The summed E-state index contributed by atoms with van der Waals surface area (Å²) in [5.74, 6) is -0.196. The number of ether oxygens (including phenoxy) is 1. The maximum Gasteiger partial charge on any atom is 0.125 e. The minimum atomic E-state index is -0.210. The minimum Gasteiger partial charge on any atom is -0.369 e. The average molecular weight is 266 g/mol. The molecule has 0 aliphatic carbocycles. The summed E-state index contributed by atoms with van der Waals surface area (Å²) in [6, 6.07) is 5.18. The highest BCUT2D eigenvalue weighted by atomic mass is 19.1. The Morgan fingerprint density at radius 1 is 1.42 bits per heavy atom. The van der Waals surface area contributed by atoms with Gasteiger partial charge in [0.1, 0.15) is 5.82 Å². The normalized spacial score (nSPS) is 22.6. The maximum atomic E-state index is 13.7. The molecule has 1 aliphatic rings. The van der Waals surface area contributed by atoms with Gasteiger partial charge < -0.3 is 15.4 Å². The second kappa shape index (κ2) is 5.47. The molecule has 1 heterocycles. The van der Waals surface area contributed by atoms with Crippen LogP contribution in [0.1, 0.15) is 26.3 Å². The van der Waals surface area contributed by atoms with Gasteiger partial charge >= 0.3 is 0 Å². The molecule has 3 nitrogen and oxygen atoms in total. The van der Waals surface area contributed by atoms with Crippen LogP contribution in [-0.4, -0.2) is 31.3 Å². The molecule has 1 atom stereocenters. The van der Waals surface area contributed by atoms with Crippen molar-refractivity contribution in [3.63, 3.8) is 0 Å². The zero-order chi connectivity index (χ0) is 14.0. The Hall–Kier alpha value is -1.13. The van der Waals surface area contributed by atoms with Crippen molar-refractivity contribution in [2.75, 3.05) is 24.5 Å². The first-order chi connectivity index (χ1) is 8.89. The lowest BCUT2D eigenvalue weighted by Crippen LogP contribution is -2.52. The van der Waals surface area contributed by atoms with Crippen LogP contribution < -0.4 is 10.6 Å². The fourth-order valence-corrected chi connectivity index (χ4v) is 2.78. The zero-order valence-electron chi connectivity index (χ0n) is 11.9. The van der Waals surface area contributed by atoms with E-state index in [0.717, 1.165) is 24.3 Å². The molecule has 0 amide bonds. The quantitative estimate of drug-likeness (QED) is 0.912. The van der Waals surface area contributed by atoms with Crippen molar-refractivity contribution < 1.29 is 9.13 Å². The fraction of sp³-hybridized carbons (Fsp3) is 0.600. The Morgan fingerprint density at radius 2 is 2.16 bits per heavy atom. The van der Waals surface area contributed by atoms with Crippen LogP contribution in [0.3, 0.4) is 0 Å². The van der Waals surface area contributed by atoms with Crippen LogP contribution in [0.2, 0.25) is 0 Å². The van der Waals surface area contributed by atoms with Crippen molar-refractivity contribution in [2.45, 2.75) is 38.9 Å². The van der Waals surface area contributed by atoms with Gasteiger partial charge in [0.05, 0.1) is 11.7 Å².